The van der Waals surface area contributed by atoms with Crippen LogP contribution in [0.3, 0.4) is 0 Å². The van der Waals surface area contributed by atoms with Crippen molar-refractivity contribution >= 4 is 34.0 Å². The highest BCUT2D eigenvalue weighted by Gasteiger charge is 2.36. The first kappa shape index (κ1) is 20.4. The Morgan fingerprint density at radius 2 is 1.76 bits per heavy atom. The number of para-hydroxylation sites is 1. The first-order valence-electron chi connectivity index (χ1n) is 10.8. The Bertz CT molecular complexity index is 1500. The van der Waals surface area contributed by atoms with E-state index in [9.17, 15) is 0 Å². The minimum atomic E-state index is -0.565. The highest BCUT2D eigenvalue weighted by atomic mass is 35.5. The molecular formula is C26H19ClN6O. The van der Waals surface area contributed by atoms with Crippen molar-refractivity contribution in [1.29, 1.82) is 0 Å². The molecule has 0 amide bonds. The summed E-state index contributed by atoms with van der Waals surface area (Å²) in [5, 5.41) is 10.5. The number of hydrogen-bond acceptors (Lipinski definition) is 6. The van der Waals surface area contributed by atoms with Gasteiger partial charge in [-0.15, -0.1) is 0 Å². The van der Waals surface area contributed by atoms with Crippen LogP contribution in [0, 0.1) is 6.92 Å². The molecule has 1 aliphatic rings. The predicted molar refractivity (Wildman–Crippen MR) is 132 cm³/mol. The van der Waals surface area contributed by atoms with Crippen LogP contribution in [0.5, 0.6) is 0 Å². The van der Waals surface area contributed by atoms with Gasteiger partial charge in [-0.25, -0.2) is 14.6 Å². The third-order valence-electron chi connectivity index (χ3n) is 5.72. The minimum absolute atomic E-state index is 0.565. The van der Waals surface area contributed by atoms with Gasteiger partial charge in [0.05, 0.1) is 11.1 Å². The lowest BCUT2D eigenvalue weighted by Crippen LogP contribution is -2.32. The molecule has 3 heterocycles. The van der Waals surface area contributed by atoms with Crippen LogP contribution in [0.1, 0.15) is 22.9 Å². The normalized spacial score (nSPS) is 15.4. The summed E-state index contributed by atoms with van der Waals surface area (Å²) in [6.07, 6.45) is 2.56. The van der Waals surface area contributed by atoms with Crippen LogP contribution in [-0.4, -0.2) is 25.6 Å². The Kier molecular flexibility index (Phi) is 4.96. The molecule has 0 bridgehead atoms. The van der Waals surface area contributed by atoms with E-state index < -0.39 is 6.23 Å². The summed E-state index contributed by atoms with van der Waals surface area (Å²) in [5.41, 5.74) is 4.66. The Balaban J connectivity index is 1.55. The zero-order valence-corrected chi connectivity index (χ0v) is 19.0. The smallest absolute Gasteiger partial charge is 0.235 e. The largest absolute Gasteiger partial charge is 0.363 e. The number of benzene rings is 3. The minimum Gasteiger partial charge on any atom is -0.363 e. The molecule has 0 aliphatic carbocycles. The summed E-state index contributed by atoms with van der Waals surface area (Å²) in [4.78, 5) is 17.2. The van der Waals surface area contributed by atoms with Gasteiger partial charge in [0.25, 0.3) is 0 Å². The molecule has 6 rings (SSSR count). The second-order valence-electron chi connectivity index (χ2n) is 8.02. The van der Waals surface area contributed by atoms with Gasteiger partial charge in [-0.1, -0.05) is 46.6 Å². The highest BCUT2D eigenvalue weighted by Crippen LogP contribution is 2.38. The lowest BCUT2D eigenvalue weighted by atomic mass is 10.1. The summed E-state index contributed by atoms with van der Waals surface area (Å²) in [5.74, 6) is 1.31. The van der Waals surface area contributed by atoms with E-state index in [2.05, 4.69) is 39.2 Å². The van der Waals surface area contributed by atoms with Crippen LogP contribution in [-0.2, 0) is 4.84 Å². The molecule has 2 aromatic heterocycles. The zero-order valence-electron chi connectivity index (χ0n) is 18.2. The number of hydrogen-bond donors (Lipinski definition) is 0. The van der Waals surface area contributed by atoms with E-state index in [-0.39, 0.29) is 0 Å². The van der Waals surface area contributed by atoms with Crippen LogP contribution >= 0.6 is 11.6 Å². The summed E-state index contributed by atoms with van der Waals surface area (Å²) in [6, 6.07) is 25.8. The van der Waals surface area contributed by atoms with Gasteiger partial charge in [0.1, 0.15) is 12.7 Å². The topological polar surface area (TPSA) is 68.4 Å². The number of pyridine rings is 1. The van der Waals surface area contributed by atoms with Gasteiger partial charge in [-0.2, -0.15) is 5.10 Å². The van der Waals surface area contributed by atoms with E-state index in [0.29, 0.717) is 16.7 Å². The number of fused-ring (bicyclic) bond motifs is 1. The van der Waals surface area contributed by atoms with Gasteiger partial charge in [-0.05, 0) is 61.5 Å². The third kappa shape index (κ3) is 3.56. The fourth-order valence-corrected chi connectivity index (χ4v) is 4.25. The number of nitrogens with zero attached hydrogens (tertiary/aromatic N) is 6. The number of oxime groups is 1. The summed E-state index contributed by atoms with van der Waals surface area (Å²) in [7, 11) is 0. The van der Waals surface area contributed by atoms with Gasteiger partial charge in [-0.3, -0.25) is 4.90 Å². The lowest BCUT2D eigenvalue weighted by molar-refractivity contribution is 0.0865. The molecule has 34 heavy (non-hydrogen) atoms. The Morgan fingerprint density at radius 1 is 0.941 bits per heavy atom. The Hall–Kier alpha value is -4.23. The van der Waals surface area contributed by atoms with Crippen LogP contribution in [0.15, 0.2) is 96.7 Å². The molecular weight excluding hydrogens is 448 g/mol. The monoisotopic (exact) mass is 466 g/mol. The van der Waals surface area contributed by atoms with Crippen LogP contribution < -0.4 is 4.90 Å². The highest BCUT2D eigenvalue weighted by molar-refractivity contribution is 6.30. The maximum atomic E-state index is 6.13. The first-order valence-corrected chi connectivity index (χ1v) is 11.2. The predicted octanol–water partition coefficient (Wildman–Crippen LogP) is 5.67. The average Bonchev–Trinajstić information content (AvgIpc) is 3.55. The number of aryl methyl sites for hydroxylation is 1. The van der Waals surface area contributed by atoms with Crippen molar-refractivity contribution in [3.8, 4) is 5.82 Å². The molecule has 5 aromatic rings. The van der Waals surface area contributed by atoms with E-state index in [1.165, 1.54) is 6.33 Å². The van der Waals surface area contributed by atoms with Crippen molar-refractivity contribution in [3.63, 3.8) is 0 Å². The van der Waals surface area contributed by atoms with Gasteiger partial charge in [0.2, 0.25) is 6.23 Å². The Labute approximate surface area is 200 Å². The van der Waals surface area contributed by atoms with Crippen molar-refractivity contribution in [1.82, 2.24) is 19.7 Å². The molecule has 7 nitrogen and oxygen atoms in total. The SMILES string of the molecule is Cc1ccc2nc(-n3cncn3)c(C3ON=C(c4ccc(Cl)cc4)N3c3ccccc3)cc2c1. The fraction of sp³-hybridized carbons (Fsp3) is 0.0769. The molecule has 0 fully saturated rings. The maximum absolute atomic E-state index is 6.13. The molecule has 0 saturated heterocycles. The van der Waals surface area contributed by atoms with Crippen LogP contribution in [0.25, 0.3) is 16.7 Å². The van der Waals surface area contributed by atoms with E-state index >= 15 is 0 Å². The van der Waals surface area contributed by atoms with Gasteiger partial charge < -0.3 is 4.84 Å². The lowest BCUT2D eigenvalue weighted by Gasteiger charge is -2.27. The summed E-state index contributed by atoms with van der Waals surface area (Å²) in [6.45, 7) is 2.06. The molecule has 0 saturated carbocycles. The van der Waals surface area contributed by atoms with Gasteiger partial charge in [0, 0.05) is 21.7 Å². The van der Waals surface area contributed by atoms with E-state index in [1.54, 1.807) is 11.0 Å². The number of halogens is 1. The molecule has 1 unspecified atom stereocenters. The van der Waals surface area contributed by atoms with E-state index in [4.69, 9.17) is 21.4 Å². The summed E-state index contributed by atoms with van der Waals surface area (Å²) >= 11 is 6.13. The Morgan fingerprint density at radius 3 is 2.53 bits per heavy atom. The van der Waals surface area contributed by atoms with E-state index in [1.807, 2.05) is 66.7 Å². The molecule has 0 spiro atoms. The third-order valence-corrected chi connectivity index (χ3v) is 5.97. The zero-order chi connectivity index (χ0) is 23.1. The maximum Gasteiger partial charge on any atom is 0.235 e. The van der Waals surface area contributed by atoms with Crippen molar-refractivity contribution in [3.05, 3.63) is 113 Å². The quantitative estimate of drug-likeness (QED) is 0.341. The molecule has 166 valence electrons. The molecule has 3 aromatic carbocycles. The molecule has 1 aliphatic heterocycles. The van der Waals surface area contributed by atoms with Crippen molar-refractivity contribution in [2.24, 2.45) is 5.16 Å². The number of aromatic nitrogens is 4. The number of anilines is 1. The molecule has 0 radical (unpaired) electrons. The average molecular weight is 467 g/mol. The van der Waals surface area contributed by atoms with Crippen molar-refractivity contribution in [2.75, 3.05) is 4.90 Å². The molecule has 1 atom stereocenters. The van der Waals surface area contributed by atoms with Crippen LogP contribution in [0.2, 0.25) is 5.02 Å². The number of amidine groups is 1. The summed E-state index contributed by atoms with van der Waals surface area (Å²) < 4.78 is 1.65. The van der Waals surface area contributed by atoms with Crippen molar-refractivity contribution < 1.29 is 4.84 Å². The van der Waals surface area contributed by atoms with E-state index in [0.717, 1.165) is 33.3 Å². The molecule has 8 heteroatoms. The second-order valence-corrected chi connectivity index (χ2v) is 8.46. The fourth-order valence-electron chi connectivity index (χ4n) is 4.12. The van der Waals surface area contributed by atoms with Gasteiger partial charge >= 0.3 is 0 Å². The molecule has 0 N–H and O–H groups in total. The second kappa shape index (κ2) is 8.28. The first-order chi connectivity index (χ1) is 16.7. The van der Waals surface area contributed by atoms with Crippen molar-refractivity contribution in [2.45, 2.75) is 13.2 Å². The van der Waals surface area contributed by atoms with Crippen LogP contribution in [0.4, 0.5) is 5.69 Å². The van der Waals surface area contributed by atoms with Gasteiger partial charge in [0.15, 0.2) is 11.7 Å². The standard InChI is InChI=1S/C26H19ClN6O/c1-17-7-12-23-19(13-17)14-22(25(30-23)32-16-28-15-29-32)26-33(21-5-3-2-4-6-21)24(31-34-26)18-8-10-20(27)11-9-18/h2-16,26H,1H3. The number of rotatable bonds is 4.